The lowest BCUT2D eigenvalue weighted by Gasteiger charge is -2.19. The number of rotatable bonds is 6. The molecule has 1 amide bonds. The zero-order valence-electron chi connectivity index (χ0n) is 15.9. The Bertz CT molecular complexity index is 830. The van der Waals surface area contributed by atoms with Gasteiger partial charge in [-0.3, -0.25) is 9.36 Å². The first-order chi connectivity index (χ1) is 12.8. The lowest BCUT2D eigenvalue weighted by Crippen LogP contribution is -2.25. The van der Waals surface area contributed by atoms with Gasteiger partial charge in [0, 0.05) is 12.3 Å². The smallest absolute Gasteiger partial charge is 0.344 e. The minimum absolute atomic E-state index is 0.0369. The van der Waals surface area contributed by atoms with E-state index in [9.17, 15) is 9.59 Å². The van der Waals surface area contributed by atoms with Crippen molar-refractivity contribution in [3.05, 3.63) is 40.3 Å². The molecule has 1 aliphatic rings. The molecule has 0 unspecified atom stereocenters. The Hall–Kier alpha value is -2.06. The summed E-state index contributed by atoms with van der Waals surface area (Å²) >= 11 is 1.24. The van der Waals surface area contributed by atoms with Crippen molar-refractivity contribution in [2.45, 2.75) is 56.8 Å². The minimum atomic E-state index is -0.272. The van der Waals surface area contributed by atoms with Crippen LogP contribution in [0.1, 0.15) is 39.2 Å². The molecule has 27 heavy (non-hydrogen) atoms. The normalized spacial score (nSPS) is 17.2. The summed E-state index contributed by atoms with van der Waals surface area (Å²) in [6, 6.07) is 7.86. The molecule has 1 aromatic carbocycles. The molecule has 0 aliphatic carbocycles. The van der Waals surface area contributed by atoms with Gasteiger partial charge in [0.15, 0.2) is 5.16 Å². The molecular formula is C19H26N4O3S. The quantitative estimate of drug-likeness (QED) is 0.741. The number of aromatic amines is 1. The third-order valence-corrected chi connectivity index (χ3v) is 5.48. The fourth-order valence-electron chi connectivity index (χ4n) is 2.95. The summed E-state index contributed by atoms with van der Waals surface area (Å²) in [6.45, 7) is 7.65. The maximum Gasteiger partial charge on any atom is 0.344 e. The first-order valence-corrected chi connectivity index (χ1v) is 10.1. The first kappa shape index (κ1) is 19.7. The molecular weight excluding hydrogens is 364 g/mol. The fourth-order valence-corrected chi connectivity index (χ4v) is 3.70. The Balaban J connectivity index is 1.55. The number of hydrogen-bond donors (Lipinski definition) is 2. The minimum Gasteiger partial charge on any atom is -0.376 e. The number of aromatic nitrogens is 3. The van der Waals surface area contributed by atoms with Crippen molar-refractivity contribution in [3.63, 3.8) is 0 Å². The number of nitrogens with one attached hydrogen (secondary N) is 2. The summed E-state index contributed by atoms with van der Waals surface area (Å²) in [5.41, 5.74) is 1.77. The van der Waals surface area contributed by atoms with Gasteiger partial charge in [0.2, 0.25) is 5.91 Å². The van der Waals surface area contributed by atoms with Crippen LogP contribution in [0.2, 0.25) is 0 Å². The van der Waals surface area contributed by atoms with Crippen LogP contribution in [0, 0.1) is 0 Å². The van der Waals surface area contributed by atoms with Crippen molar-refractivity contribution < 1.29 is 9.53 Å². The molecule has 0 radical (unpaired) electrons. The predicted molar refractivity (Wildman–Crippen MR) is 106 cm³/mol. The maximum atomic E-state index is 12.2. The molecule has 0 spiro atoms. The first-order valence-electron chi connectivity index (χ1n) is 9.13. The van der Waals surface area contributed by atoms with Gasteiger partial charge in [0.1, 0.15) is 0 Å². The Labute approximate surface area is 162 Å². The second kappa shape index (κ2) is 8.31. The lowest BCUT2D eigenvalue weighted by atomic mass is 9.87. The number of ether oxygens (including phenoxy) is 1. The number of anilines is 1. The van der Waals surface area contributed by atoms with Gasteiger partial charge in [0.05, 0.1) is 18.4 Å². The van der Waals surface area contributed by atoms with Crippen LogP contribution in [-0.2, 0) is 21.5 Å². The molecule has 3 rings (SSSR count). The van der Waals surface area contributed by atoms with Gasteiger partial charge in [-0.05, 0) is 36.0 Å². The molecule has 1 saturated heterocycles. The van der Waals surface area contributed by atoms with E-state index in [1.807, 2.05) is 24.3 Å². The summed E-state index contributed by atoms with van der Waals surface area (Å²) in [4.78, 5) is 24.2. The van der Waals surface area contributed by atoms with Crippen LogP contribution in [0.3, 0.4) is 0 Å². The molecule has 1 fully saturated rings. The van der Waals surface area contributed by atoms with E-state index in [2.05, 4.69) is 36.3 Å². The molecule has 0 saturated carbocycles. The highest BCUT2D eigenvalue weighted by molar-refractivity contribution is 7.99. The van der Waals surface area contributed by atoms with E-state index in [4.69, 9.17) is 4.74 Å². The van der Waals surface area contributed by atoms with Crippen molar-refractivity contribution >= 4 is 23.4 Å². The van der Waals surface area contributed by atoms with Crippen LogP contribution in [-0.4, -0.2) is 39.1 Å². The maximum absolute atomic E-state index is 12.2. The van der Waals surface area contributed by atoms with E-state index in [0.29, 0.717) is 11.7 Å². The van der Waals surface area contributed by atoms with Gasteiger partial charge >= 0.3 is 5.69 Å². The number of carbonyl (C=O) groups is 1. The molecule has 2 aromatic rings. The number of benzene rings is 1. The summed E-state index contributed by atoms with van der Waals surface area (Å²) in [5, 5.41) is 9.87. The van der Waals surface area contributed by atoms with E-state index >= 15 is 0 Å². The second-order valence-electron chi connectivity index (χ2n) is 7.72. The molecule has 7 nitrogen and oxygen atoms in total. The van der Waals surface area contributed by atoms with Crippen molar-refractivity contribution in [2.75, 3.05) is 17.7 Å². The van der Waals surface area contributed by atoms with E-state index in [0.717, 1.165) is 25.1 Å². The number of thioether (sulfide) groups is 1. The van der Waals surface area contributed by atoms with Crippen molar-refractivity contribution in [2.24, 2.45) is 0 Å². The van der Waals surface area contributed by atoms with Crippen LogP contribution < -0.4 is 11.0 Å². The molecule has 2 heterocycles. The molecule has 8 heteroatoms. The molecule has 146 valence electrons. The zero-order valence-corrected chi connectivity index (χ0v) is 16.8. The summed E-state index contributed by atoms with van der Waals surface area (Å²) in [6.07, 6.45) is 1.98. The molecule has 1 aromatic heterocycles. The molecule has 2 N–H and O–H groups in total. The fraction of sp³-hybridized carbons (Fsp3) is 0.526. The largest absolute Gasteiger partial charge is 0.376 e. The van der Waals surface area contributed by atoms with Gasteiger partial charge in [-0.25, -0.2) is 9.89 Å². The van der Waals surface area contributed by atoms with Crippen molar-refractivity contribution in [1.29, 1.82) is 0 Å². The van der Waals surface area contributed by atoms with Crippen LogP contribution in [0.15, 0.2) is 34.2 Å². The zero-order chi connectivity index (χ0) is 19.4. The number of amides is 1. The topological polar surface area (TPSA) is 89.0 Å². The van der Waals surface area contributed by atoms with Gasteiger partial charge in [-0.1, -0.05) is 44.7 Å². The van der Waals surface area contributed by atoms with Gasteiger partial charge in [0.25, 0.3) is 0 Å². The van der Waals surface area contributed by atoms with Crippen molar-refractivity contribution in [1.82, 2.24) is 14.8 Å². The Kier molecular flexibility index (Phi) is 6.06. The van der Waals surface area contributed by atoms with Gasteiger partial charge < -0.3 is 10.1 Å². The Morgan fingerprint density at radius 1 is 1.37 bits per heavy atom. The monoisotopic (exact) mass is 390 g/mol. The molecule has 1 aliphatic heterocycles. The average molecular weight is 391 g/mol. The molecule has 1 atom stereocenters. The van der Waals surface area contributed by atoms with Crippen LogP contribution in [0.5, 0.6) is 0 Å². The van der Waals surface area contributed by atoms with Crippen molar-refractivity contribution in [3.8, 4) is 0 Å². The third-order valence-electron chi connectivity index (χ3n) is 4.50. The number of nitrogens with zero attached hydrogens (tertiary/aromatic N) is 2. The third kappa shape index (κ3) is 5.23. The van der Waals surface area contributed by atoms with Crippen LogP contribution in [0.25, 0.3) is 0 Å². The number of carbonyl (C=O) groups excluding carboxylic acids is 1. The predicted octanol–water partition coefficient (Wildman–Crippen LogP) is 2.78. The summed E-state index contributed by atoms with van der Waals surface area (Å²) in [5.74, 6) is 0.0410. The van der Waals surface area contributed by atoms with Gasteiger partial charge in [-0.2, -0.15) is 0 Å². The highest BCUT2D eigenvalue weighted by Crippen LogP contribution is 2.24. The molecule has 0 bridgehead atoms. The van der Waals surface area contributed by atoms with Gasteiger partial charge in [-0.15, -0.1) is 5.10 Å². The van der Waals surface area contributed by atoms with E-state index in [1.165, 1.54) is 17.3 Å². The number of H-pyrrole nitrogens is 1. The standard InChI is InChI=1S/C19H26N4O3S/c1-19(2,3)13-6-8-14(9-7-13)20-16(24)12-27-18-22-21-17(25)23(18)11-15-5-4-10-26-15/h6-9,15H,4-5,10-12H2,1-3H3,(H,20,24)(H,21,25)/t15-/m0/s1. The van der Waals surface area contributed by atoms with Crippen LogP contribution >= 0.6 is 11.8 Å². The second-order valence-corrected chi connectivity index (χ2v) is 8.66. The Morgan fingerprint density at radius 2 is 2.11 bits per heavy atom. The van der Waals surface area contributed by atoms with Crippen LogP contribution in [0.4, 0.5) is 5.69 Å². The Morgan fingerprint density at radius 3 is 2.74 bits per heavy atom. The number of hydrogen-bond acceptors (Lipinski definition) is 5. The SMILES string of the molecule is CC(C)(C)c1ccc(NC(=O)CSc2n[nH]c(=O)n2C[C@@H]2CCCO2)cc1. The summed E-state index contributed by atoms with van der Waals surface area (Å²) in [7, 11) is 0. The average Bonchev–Trinajstić information content (AvgIpc) is 3.24. The highest BCUT2D eigenvalue weighted by atomic mass is 32.2. The lowest BCUT2D eigenvalue weighted by molar-refractivity contribution is -0.113. The highest BCUT2D eigenvalue weighted by Gasteiger charge is 2.20. The van der Waals surface area contributed by atoms with E-state index in [1.54, 1.807) is 4.57 Å². The van der Waals surface area contributed by atoms with E-state index < -0.39 is 0 Å². The summed E-state index contributed by atoms with van der Waals surface area (Å²) < 4.78 is 7.13. The van der Waals surface area contributed by atoms with E-state index in [-0.39, 0.29) is 28.9 Å².